The van der Waals surface area contributed by atoms with Crippen LogP contribution in [0.15, 0.2) is 53.6 Å². The first kappa shape index (κ1) is 21.9. The van der Waals surface area contributed by atoms with E-state index in [0.717, 1.165) is 18.0 Å². The van der Waals surface area contributed by atoms with Crippen LogP contribution in [0.2, 0.25) is 0 Å². The molecule has 0 bridgehead atoms. The van der Waals surface area contributed by atoms with Gasteiger partial charge < -0.3 is 4.90 Å². The van der Waals surface area contributed by atoms with Crippen molar-refractivity contribution in [2.75, 3.05) is 11.4 Å². The maximum Gasteiger partial charge on any atom is 0.417 e. The number of pyridine rings is 1. The van der Waals surface area contributed by atoms with Gasteiger partial charge in [-0.1, -0.05) is 0 Å². The molecule has 10 heteroatoms. The maximum atomic E-state index is 13.2. The summed E-state index contributed by atoms with van der Waals surface area (Å²) in [4.78, 5) is 24.2. The molecular weight excluding hydrogens is 444 g/mol. The standard InChI is InChI=1S/C22H18F4N4OS/c1-3-29(18-6-4-16(23)5-7-18)12-17-9-19(31)30-20(13(2)32-21(30)28-17)14-8-15(11-27-10-14)22(24,25)26/h4-11H,3,12H2,1-2H3. The first-order valence-electron chi connectivity index (χ1n) is 9.72. The molecule has 0 saturated carbocycles. The van der Waals surface area contributed by atoms with Crippen molar-refractivity contribution in [2.45, 2.75) is 26.6 Å². The lowest BCUT2D eigenvalue weighted by atomic mass is 10.1. The van der Waals surface area contributed by atoms with Gasteiger partial charge in [-0.25, -0.2) is 9.37 Å². The highest BCUT2D eigenvalue weighted by Crippen LogP contribution is 2.34. The topological polar surface area (TPSA) is 50.5 Å². The van der Waals surface area contributed by atoms with E-state index in [1.165, 1.54) is 40.1 Å². The summed E-state index contributed by atoms with van der Waals surface area (Å²) in [6.07, 6.45) is -2.48. The molecule has 0 amide bonds. The number of alkyl halides is 3. The second-order valence-corrected chi connectivity index (χ2v) is 8.34. The van der Waals surface area contributed by atoms with Crippen molar-refractivity contribution in [2.24, 2.45) is 0 Å². The largest absolute Gasteiger partial charge is 0.417 e. The molecule has 4 aromatic rings. The molecular formula is C22H18F4N4OS. The second kappa shape index (κ2) is 8.34. The van der Waals surface area contributed by atoms with E-state index >= 15 is 0 Å². The minimum atomic E-state index is -4.54. The van der Waals surface area contributed by atoms with Crippen LogP contribution in [0.25, 0.3) is 16.2 Å². The second-order valence-electron chi connectivity index (χ2n) is 7.16. The zero-order valence-electron chi connectivity index (χ0n) is 17.2. The summed E-state index contributed by atoms with van der Waals surface area (Å²) in [5.41, 5.74) is 0.562. The molecule has 3 heterocycles. The number of halogens is 4. The Labute approximate surface area is 184 Å². The fourth-order valence-corrected chi connectivity index (χ4v) is 4.51. The smallest absolute Gasteiger partial charge is 0.366 e. The molecule has 0 unspecified atom stereocenters. The van der Waals surface area contributed by atoms with Crippen molar-refractivity contribution < 1.29 is 17.6 Å². The van der Waals surface area contributed by atoms with Crippen LogP contribution < -0.4 is 10.5 Å². The lowest BCUT2D eigenvalue weighted by molar-refractivity contribution is -0.137. The van der Waals surface area contributed by atoms with Crippen LogP contribution in [0.1, 0.15) is 23.1 Å². The molecule has 0 aliphatic carbocycles. The van der Waals surface area contributed by atoms with Gasteiger partial charge in [0.25, 0.3) is 5.56 Å². The summed E-state index contributed by atoms with van der Waals surface area (Å²) in [5, 5.41) is 0. The molecule has 0 fully saturated rings. The van der Waals surface area contributed by atoms with Crippen LogP contribution in [0.5, 0.6) is 0 Å². The van der Waals surface area contributed by atoms with Crippen LogP contribution in [0, 0.1) is 12.7 Å². The molecule has 0 N–H and O–H groups in total. The van der Waals surface area contributed by atoms with Gasteiger partial charge in [0.15, 0.2) is 4.96 Å². The van der Waals surface area contributed by atoms with E-state index in [-0.39, 0.29) is 11.4 Å². The number of thiazole rings is 1. The predicted molar refractivity (Wildman–Crippen MR) is 115 cm³/mol. The Bertz CT molecular complexity index is 1330. The normalized spacial score (nSPS) is 11.8. The van der Waals surface area contributed by atoms with Gasteiger partial charge >= 0.3 is 6.18 Å². The van der Waals surface area contributed by atoms with Crippen LogP contribution >= 0.6 is 11.3 Å². The van der Waals surface area contributed by atoms with Crippen molar-refractivity contribution in [3.8, 4) is 11.3 Å². The first-order chi connectivity index (χ1) is 15.2. The summed E-state index contributed by atoms with van der Waals surface area (Å²) in [7, 11) is 0. The van der Waals surface area contributed by atoms with E-state index < -0.39 is 17.3 Å². The van der Waals surface area contributed by atoms with Crippen molar-refractivity contribution in [3.63, 3.8) is 0 Å². The van der Waals surface area contributed by atoms with Crippen molar-refractivity contribution in [1.29, 1.82) is 0 Å². The number of hydrogen-bond donors (Lipinski definition) is 0. The van der Waals surface area contributed by atoms with E-state index in [9.17, 15) is 22.4 Å². The molecule has 0 radical (unpaired) electrons. The first-order valence-corrected chi connectivity index (χ1v) is 10.5. The van der Waals surface area contributed by atoms with Crippen molar-refractivity contribution in [1.82, 2.24) is 14.4 Å². The van der Waals surface area contributed by atoms with Crippen LogP contribution in [-0.4, -0.2) is 20.9 Å². The quantitative estimate of drug-likeness (QED) is 0.377. The Kier molecular flexibility index (Phi) is 5.72. The number of hydrogen-bond acceptors (Lipinski definition) is 5. The van der Waals surface area contributed by atoms with Crippen molar-refractivity contribution in [3.05, 3.63) is 81.1 Å². The molecule has 166 valence electrons. The van der Waals surface area contributed by atoms with Gasteiger partial charge in [-0.15, -0.1) is 11.3 Å². The molecule has 0 aliphatic heterocycles. The fourth-order valence-electron chi connectivity index (χ4n) is 3.49. The van der Waals surface area contributed by atoms with Crippen LogP contribution in [0.3, 0.4) is 0 Å². The van der Waals surface area contributed by atoms with Gasteiger partial charge in [0.1, 0.15) is 5.82 Å². The average molecular weight is 462 g/mol. The number of fused-ring (bicyclic) bond motifs is 1. The number of anilines is 1. The lowest BCUT2D eigenvalue weighted by Crippen LogP contribution is -2.24. The molecule has 0 saturated heterocycles. The number of nitrogens with zero attached hydrogens (tertiary/aromatic N) is 4. The highest BCUT2D eigenvalue weighted by Gasteiger charge is 2.31. The molecule has 5 nitrogen and oxygen atoms in total. The SMILES string of the molecule is CCN(Cc1cc(=O)n2c(-c3cncc(C(F)(F)F)c3)c(C)sc2n1)c1ccc(F)cc1. The van der Waals surface area contributed by atoms with E-state index in [1.807, 2.05) is 11.8 Å². The summed E-state index contributed by atoms with van der Waals surface area (Å²) >= 11 is 1.22. The Hall–Kier alpha value is -3.27. The van der Waals surface area contributed by atoms with Gasteiger partial charge in [0, 0.05) is 41.1 Å². The molecule has 4 rings (SSSR count). The van der Waals surface area contributed by atoms with E-state index in [0.29, 0.717) is 34.3 Å². The van der Waals surface area contributed by atoms with Crippen LogP contribution in [-0.2, 0) is 12.7 Å². The van der Waals surface area contributed by atoms with Gasteiger partial charge in [0.05, 0.1) is 23.5 Å². The minimum Gasteiger partial charge on any atom is -0.366 e. The highest BCUT2D eigenvalue weighted by molar-refractivity contribution is 7.17. The maximum absolute atomic E-state index is 13.2. The molecule has 0 spiro atoms. The van der Waals surface area contributed by atoms with Gasteiger partial charge in [-0.05, 0) is 44.2 Å². The fraction of sp³-hybridized carbons (Fsp3) is 0.227. The Morgan fingerprint density at radius 3 is 2.50 bits per heavy atom. The number of aryl methyl sites for hydroxylation is 1. The Balaban J connectivity index is 1.75. The lowest BCUT2D eigenvalue weighted by Gasteiger charge is -2.22. The number of benzene rings is 1. The third-order valence-corrected chi connectivity index (χ3v) is 5.96. The molecule has 0 atom stereocenters. The zero-order chi connectivity index (χ0) is 23.0. The molecule has 0 aliphatic rings. The monoisotopic (exact) mass is 462 g/mol. The number of rotatable bonds is 5. The third-order valence-electron chi connectivity index (χ3n) is 5.01. The van der Waals surface area contributed by atoms with Crippen LogP contribution in [0.4, 0.5) is 23.2 Å². The third kappa shape index (κ3) is 4.22. The summed E-state index contributed by atoms with van der Waals surface area (Å²) in [5.74, 6) is -0.340. The van der Waals surface area contributed by atoms with Gasteiger partial charge in [-0.2, -0.15) is 13.2 Å². The summed E-state index contributed by atoms with van der Waals surface area (Å²) < 4.78 is 53.9. The van der Waals surface area contributed by atoms with E-state index in [1.54, 1.807) is 19.1 Å². The number of aromatic nitrogens is 3. The molecule has 32 heavy (non-hydrogen) atoms. The van der Waals surface area contributed by atoms with Gasteiger partial charge in [-0.3, -0.25) is 14.2 Å². The predicted octanol–water partition coefficient (Wildman–Crippen LogP) is 5.31. The zero-order valence-corrected chi connectivity index (χ0v) is 18.0. The van der Waals surface area contributed by atoms with Crippen molar-refractivity contribution >= 4 is 22.0 Å². The van der Waals surface area contributed by atoms with E-state index in [4.69, 9.17) is 0 Å². The highest BCUT2D eigenvalue weighted by atomic mass is 32.1. The summed E-state index contributed by atoms with van der Waals surface area (Å²) in [6, 6.07) is 8.38. The Morgan fingerprint density at radius 2 is 1.84 bits per heavy atom. The van der Waals surface area contributed by atoms with E-state index in [2.05, 4.69) is 9.97 Å². The Morgan fingerprint density at radius 1 is 1.12 bits per heavy atom. The molecule has 3 aromatic heterocycles. The summed E-state index contributed by atoms with van der Waals surface area (Å²) in [6.45, 7) is 4.59. The van der Waals surface area contributed by atoms with Gasteiger partial charge in [0.2, 0.25) is 0 Å². The minimum absolute atomic E-state index is 0.196. The molecule has 1 aromatic carbocycles. The average Bonchev–Trinajstić information content (AvgIpc) is 3.08.